The quantitative estimate of drug-likeness (QED) is 0.818. The van der Waals surface area contributed by atoms with E-state index in [4.69, 9.17) is 9.84 Å². The Labute approximate surface area is 115 Å². The van der Waals surface area contributed by atoms with Gasteiger partial charge < -0.3 is 14.7 Å². The Morgan fingerprint density at radius 2 is 2.16 bits per heavy atom. The third kappa shape index (κ3) is 4.55. The van der Waals surface area contributed by atoms with E-state index in [0.717, 1.165) is 24.3 Å². The van der Waals surface area contributed by atoms with Crippen molar-refractivity contribution < 1.29 is 9.84 Å². The monoisotopic (exact) mass is 262 g/mol. The van der Waals surface area contributed by atoms with Crippen molar-refractivity contribution in [2.45, 2.75) is 20.5 Å². The Bertz CT molecular complexity index is 438. The number of ether oxygens (including phenoxy) is 1. The fraction of sp³-hybridized carbons (Fsp3) is 0.533. The van der Waals surface area contributed by atoms with Crippen LogP contribution in [0.5, 0.6) is 0 Å². The molecule has 0 fully saturated rings. The first-order chi connectivity index (χ1) is 9.12. The maximum atomic E-state index is 9.26. The molecule has 0 amide bonds. The van der Waals surface area contributed by atoms with Gasteiger partial charge in [-0.05, 0) is 23.6 Å². The summed E-state index contributed by atoms with van der Waals surface area (Å²) in [6.07, 6.45) is 0. The first kappa shape index (κ1) is 15.5. The lowest BCUT2D eigenvalue weighted by Crippen LogP contribution is -2.31. The number of nitrogens with zero attached hydrogens (tertiary/aromatic N) is 2. The van der Waals surface area contributed by atoms with Gasteiger partial charge in [0, 0.05) is 20.2 Å². The normalized spacial score (nSPS) is 10.5. The number of hydrogen-bond donors (Lipinski definition) is 1. The summed E-state index contributed by atoms with van der Waals surface area (Å²) in [6, 6.07) is 7.71. The Morgan fingerprint density at radius 1 is 1.42 bits per heavy atom. The van der Waals surface area contributed by atoms with Crippen LogP contribution in [-0.2, 0) is 11.3 Å². The Morgan fingerprint density at radius 3 is 2.68 bits per heavy atom. The molecule has 0 spiro atoms. The number of methoxy groups -OCH3 is 1. The lowest BCUT2D eigenvalue weighted by atomic mass is 10.1. The van der Waals surface area contributed by atoms with E-state index < -0.39 is 0 Å². The fourth-order valence-electron chi connectivity index (χ4n) is 2.00. The highest BCUT2D eigenvalue weighted by molar-refractivity contribution is 5.60. The number of nitriles is 1. The van der Waals surface area contributed by atoms with Crippen molar-refractivity contribution >= 4 is 5.69 Å². The highest BCUT2D eigenvalue weighted by Crippen LogP contribution is 2.22. The Balaban J connectivity index is 3.03. The number of aliphatic hydroxyl groups excluding tert-OH is 1. The van der Waals surface area contributed by atoms with E-state index >= 15 is 0 Å². The van der Waals surface area contributed by atoms with Crippen LogP contribution in [0, 0.1) is 17.2 Å². The van der Waals surface area contributed by atoms with Gasteiger partial charge in [0.05, 0.1) is 24.5 Å². The molecule has 0 aliphatic carbocycles. The summed E-state index contributed by atoms with van der Waals surface area (Å²) < 4.78 is 5.13. The zero-order valence-electron chi connectivity index (χ0n) is 11.9. The molecule has 0 unspecified atom stereocenters. The molecule has 0 heterocycles. The zero-order valence-corrected chi connectivity index (χ0v) is 11.9. The van der Waals surface area contributed by atoms with Crippen molar-refractivity contribution in [1.29, 1.82) is 5.26 Å². The molecule has 0 saturated carbocycles. The van der Waals surface area contributed by atoms with Crippen molar-refractivity contribution in [3.05, 3.63) is 29.3 Å². The van der Waals surface area contributed by atoms with Crippen LogP contribution in [0.2, 0.25) is 0 Å². The SMILES string of the molecule is COCCN(CC(C)C)c1ccc(CO)cc1C#N. The number of hydrogen-bond acceptors (Lipinski definition) is 4. The summed E-state index contributed by atoms with van der Waals surface area (Å²) in [5.41, 5.74) is 2.27. The zero-order chi connectivity index (χ0) is 14.3. The molecule has 0 atom stereocenters. The molecule has 1 aromatic rings. The summed E-state index contributed by atoms with van der Waals surface area (Å²) in [4.78, 5) is 2.16. The lowest BCUT2D eigenvalue weighted by Gasteiger charge is -2.27. The predicted molar refractivity (Wildman–Crippen MR) is 76.0 cm³/mol. The average molecular weight is 262 g/mol. The number of aliphatic hydroxyl groups is 1. The summed E-state index contributed by atoms with van der Waals surface area (Å²) in [6.45, 7) is 6.50. The van der Waals surface area contributed by atoms with Gasteiger partial charge in [0.1, 0.15) is 6.07 Å². The lowest BCUT2D eigenvalue weighted by molar-refractivity contribution is 0.204. The maximum absolute atomic E-state index is 9.26. The van der Waals surface area contributed by atoms with Crippen molar-refractivity contribution in [2.75, 3.05) is 31.7 Å². The van der Waals surface area contributed by atoms with Gasteiger partial charge >= 0.3 is 0 Å². The summed E-state index contributed by atoms with van der Waals surface area (Å²) >= 11 is 0. The molecule has 19 heavy (non-hydrogen) atoms. The average Bonchev–Trinajstić information content (AvgIpc) is 2.42. The minimum Gasteiger partial charge on any atom is -0.392 e. The number of anilines is 1. The molecule has 1 rings (SSSR count). The molecule has 4 heteroatoms. The molecule has 0 radical (unpaired) electrons. The van der Waals surface area contributed by atoms with Gasteiger partial charge in [-0.2, -0.15) is 5.26 Å². The summed E-state index contributed by atoms with van der Waals surface area (Å²) in [5.74, 6) is 0.501. The van der Waals surface area contributed by atoms with Gasteiger partial charge in [-0.1, -0.05) is 19.9 Å². The topological polar surface area (TPSA) is 56.5 Å². The van der Waals surface area contributed by atoms with Gasteiger partial charge in [0.15, 0.2) is 0 Å². The van der Waals surface area contributed by atoms with E-state index in [2.05, 4.69) is 24.8 Å². The van der Waals surface area contributed by atoms with Crippen LogP contribution < -0.4 is 4.90 Å². The second kappa shape index (κ2) is 7.78. The van der Waals surface area contributed by atoms with E-state index in [1.54, 1.807) is 13.2 Å². The third-order valence-electron chi connectivity index (χ3n) is 2.86. The standard InChI is InChI=1S/C15H22N2O2/c1-12(2)10-17(6-7-19-3)15-5-4-13(11-18)8-14(15)9-16/h4-5,8,12,18H,6-7,10-11H2,1-3H3. The molecule has 0 aliphatic rings. The van der Waals surface area contributed by atoms with Gasteiger partial charge in [-0.15, -0.1) is 0 Å². The Kier molecular flexibility index (Phi) is 6.34. The summed E-state index contributed by atoms with van der Waals surface area (Å²) in [7, 11) is 1.67. The van der Waals surface area contributed by atoms with Gasteiger partial charge in [-0.25, -0.2) is 0 Å². The second-order valence-corrected chi connectivity index (χ2v) is 4.95. The molecule has 1 aromatic carbocycles. The number of rotatable bonds is 7. The molecule has 0 bridgehead atoms. The van der Waals surface area contributed by atoms with Crippen LogP contribution in [-0.4, -0.2) is 31.9 Å². The first-order valence-corrected chi connectivity index (χ1v) is 6.50. The van der Waals surface area contributed by atoms with E-state index in [1.807, 2.05) is 12.1 Å². The maximum Gasteiger partial charge on any atom is 0.101 e. The molecule has 0 aliphatic heterocycles. The van der Waals surface area contributed by atoms with Crippen LogP contribution in [0.25, 0.3) is 0 Å². The Hall–Kier alpha value is -1.57. The van der Waals surface area contributed by atoms with Crippen LogP contribution >= 0.6 is 0 Å². The fourth-order valence-corrected chi connectivity index (χ4v) is 2.00. The van der Waals surface area contributed by atoms with E-state index in [-0.39, 0.29) is 6.61 Å². The molecule has 0 aromatic heterocycles. The number of benzene rings is 1. The van der Waals surface area contributed by atoms with Crippen molar-refractivity contribution in [2.24, 2.45) is 5.92 Å². The van der Waals surface area contributed by atoms with E-state index in [9.17, 15) is 5.26 Å². The van der Waals surface area contributed by atoms with Crippen LogP contribution in [0.1, 0.15) is 25.0 Å². The minimum atomic E-state index is -0.0444. The van der Waals surface area contributed by atoms with E-state index in [1.165, 1.54) is 0 Å². The van der Waals surface area contributed by atoms with Gasteiger partial charge in [0.25, 0.3) is 0 Å². The minimum absolute atomic E-state index is 0.0444. The molecule has 0 saturated heterocycles. The highest BCUT2D eigenvalue weighted by Gasteiger charge is 2.13. The van der Waals surface area contributed by atoms with Crippen LogP contribution in [0.4, 0.5) is 5.69 Å². The predicted octanol–water partition coefficient (Wildman–Crippen LogP) is 2.16. The highest BCUT2D eigenvalue weighted by atomic mass is 16.5. The van der Waals surface area contributed by atoms with Gasteiger partial charge in [0.2, 0.25) is 0 Å². The molecule has 1 N–H and O–H groups in total. The third-order valence-corrected chi connectivity index (χ3v) is 2.86. The van der Waals surface area contributed by atoms with Crippen molar-refractivity contribution in [1.82, 2.24) is 0 Å². The molecule has 104 valence electrons. The molecular weight excluding hydrogens is 240 g/mol. The van der Waals surface area contributed by atoms with Crippen molar-refractivity contribution in [3.8, 4) is 6.07 Å². The second-order valence-electron chi connectivity index (χ2n) is 4.95. The largest absolute Gasteiger partial charge is 0.392 e. The molecular formula is C15H22N2O2. The van der Waals surface area contributed by atoms with E-state index in [0.29, 0.717) is 18.1 Å². The van der Waals surface area contributed by atoms with Crippen LogP contribution in [0.15, 0.2) is 18.2 Å². The van der Waals surface area contributed by atoms with Crippen molar-refractivity contribution in [3.63, 3.8) is 0 Å². The first-order valence-electron chi connectivity index (χ1n) is 6.50. The molecule has 4 nitrogen and oxygen atoms in total. The smallest absolute Gasteiger partial charge is 0.101 e. The van der Waals surface area contributed by atoms with Crippen LogP contribution in [0.3, 0.4) is 0 Å². The van der Waals surface area contributed by atoms with Gasteiger partial charge in [-0.3, -0.25) is 0 Å². The summed E-state index contributed by atoms with van der Waals surface area (Å²) in [5, 5.41) is 18.4.